The van der Waals surface area contributed by atoms with Crippen LogP contribution < -0.4 is 5.73 Å². The fourth-order valence-electron chi connectivity index (χ4n) is 1.51. The van der Waals surface area contributed by atoms with Gasteiger partial charge in [-0.1, -0.05) is 6.07 Å². The highest BCUT2D eigenvalue weighted by molar-refractivity contribution is 9.10. The fraction of sp³-hybridized carbons (Fsp3) is 0.100. The van der Waals surface area contributed by atoms with E-state index in [-0.39, 0.29) is 5.75 Å². The molecule has 1 heterocycles. The van der Waals surface area contributed by atoms with Gasteiger partial charge in [-0.2, -0.15) is 5.10 Å². The lowest BCUT2D eigenvalue weighted by Gasteiger charge is -2.08. The van der Waals surface area contributed by atoms with Crippen molar-refractivity contribution in [3.63, 3.8) is 0 Å². The van der Waals surface area contributed by atoms with Crippen LogP contribution in [0.25, 0.3) is 11.3 Å². The number of hydrogen-bond donors (Lipinski definition) is 2. The molecular formula is C10H10BrN3O. The Balaban J connectivity index is 2.74. The molecule has 5 heteroatoms. The Morgan fingerprint density at radius 2 is 2.20 bits per heavy atom. The van der Waals surface area contributed by atoms with Crippen LogP contribution in [-0.2, 0) is 7.05 Å². The summed E-state index contributed by atoms with van der Waals surface area (Å²) in [6.07, 6.45) is 1.56. The van der Waals surface area contributed by atoms with Crippen LogP contribution in [0.5, 0.6) is 5.75 Å². The van der Waals surface area contributed by atoms with Crippen molar-refractivity contribution >= 4 is 21.6 Å². The number of aromatic nitrogens is 2. The average Bonchev–Trinajstić information content (AvgIpc) is 2.49. The molecule has 0 fully saturated rings. The third kappa shape index (κ3) is 1.59. The van der Waals surface area contributed by atoms with Crippen molar-refractivity contribution in [2.24, 2.45) is 7.05 Å². The SMILES string of the molecule is Cn1ncc(N)c1-c1c(O)cccc1Br. The number of halogens is 1. The smallest absolute Gasteiger partial charge is 0.126 e. The summed E-state index contributed by atoms with van der Waals surface area (Å²) >= 11 is 3.38. The standard InChI is InChI=1S/C10H10BrN3O/c1-14-10(7(12)5-13-14)9-6(11)3-2-4-8(9)15/h2-5,15H,12H2,1H3. The normalized spacial score (nSPS) is 10.5. The van der Waals surface area contributed by atoms with Gasteiger partial charge in [-0.15, -0.1) is 0 Å². The minimum Gasteiger partial charge on any atom is -0.507 e. The molecule has 15 heavy (non-hydrogen) atoms. The van der Waals surface area contributed by atoms with E-state index in [1.54, 1.807) is 30.1 Å². The van der Waals surface area contributed by atoms with Crippen LogP contribution in [0.2, 0.25) is 0 Å². The van der Waals surface area contributed by atoms with Gasteiger partial charge in [0.05, 0.1) is 23.1 Å². The number of phenols is 1. The first-order chi connectivity index (χ1) is 7.11. The Labute approximate surface area is 95.5 Å². The van der Waals surface area contributed by atoms with Gasteiger partial charge >= 0.3 is 0 Å². The van der Waals surface area contributed by atoms with Crippen molar-refractivity contribution < 1.29 is 5.11 Å². The van der Waals surface area contributed by atoms with E-state index < -0.39 is 0 Å². The second-order valence-electron chi connectivity index (χ2n) is 3.21. The molecule has 3 N–H and O–H groups in total. The van der Waals surface area contributed by atoms with Crippen molar-refractivity contribution in [3.05, 3.63) is 28.9 Å². The van der Waals surface area contributed by atoms with Gasteiger partial charge in [-0.05, 0) is 28.1 Å². The number of rotatable bonds is 1. The molecule has 1 aromatic heterocycles. The molecule has 0 aliphatic carbocycles. The lowest BCUT2D eigenvalue weighted by Crippen LogP contribution is -1.96. The van der Waals surface area contributed by atoms with E-state index in [4.69, 9.17) is 5.73 Å². The van der Waals surface area contributed by atoms with Crippen molar-refractivity contribution in [1.82, 2.24) is 9.78 Å². The molecule has 0 radical (unpaired) electrons. The van der Waals surface area contributed by atoms with Gasteiger partial charge in [-0.25, -0.2) is 0 Å². The molecule has 0 atom stereocenters. The van der Waals surface area contributed by atoms with E-state index >= 15 is 0 Å². The zero-order valence-corrected chi connectivity index (χ0v) is 9.69. The van der Waals surface area contributed by atoms with Gasteiger partial charge < -0.3 is 10.8 Å². The maximum atomic E-state index is 9.79. The van der Waals surface area contributed by atoms with Gasteiger partial charge in [0.2, 0.25) is 0 Å². The van der Waals surface area contributed by atoms with E-state index in [0.29, 0.717) is 16.9 Å². The average molecular weight is 268 g/mol. The van der Waals surface area contributed by atoms with Crippen LogP contribution in [0.3, 0.4) is 0 Å². The van der Waals surface area contributed by atoms with Crippen molar-refractivity contribution in [2.75, 3.05) is 5.73 Å². The van der Waals surface area contributed by atoms with Gasteiger partial charge in [0.15, 0.2) is 0 Å². The van der Waals surface area contributed by atoms with Crippen LogP contribution in [0.4, 0.5) is 5.69 Å². The monoisotopic (exact) mass is 267 g/mol. The summed E-state index contributed by atoms with van der Waals surface area (Å²) in [6, 6.07) is 5.23. The molecule has 1 aromatic carbocycles. The van der Waals surface area contributed by atoms with Gasteiger partial charge in [-0.3, -0.25) is 4.68 Å². The molecule has 0 saturated heterocycles. The first-order valence-electron chi connectivity index (χ1n) is 4.36. The Morgan fingerprint density at radius 3 is 2.73 bits per heavy atom. The third-order valence-electron chi connectivity index (χ3n) is 2.20. The summed E-state index contributed by atoms with van der Waals surface area (Å²) in [5.74, 6) is 0.180. The summed E-state index contributed by atoms with van der Waals surface area (Å²) < 4.78 is 2.42. The molecule has 0 saturated carbocycles. The molecule has 0 aliphatic rings. The summed E-state index contributed by atoms with van der Waals surface area (Å²) in [6.45, 7) is 0. The predicted octanol–water partition coefficient (Wildman–Crippen LogP) is 2.14. The highest BCUT2D eigenvalue weighted by atomic mass is 79.9. The second-order valence-corrected chi connectivity index (χ2v) is 4.06. The van der Waals surface area contributed by atoms with Crippen LogP contribution in [0.1, 0.15) is 0 Å². The fourth-order valence-corrected chi connectivity index (χ4v) is 2.05. The maximum absolute atomic E-state index is 9.79. The van der Waals surface area contributed by atoms with Crippen molar-refractivity contribution in [3.8, 4) is 17.0 Å². The topological polar surface area (TPSA) is 64.1 Å². The van der Waals surface area contributed by atoms with E-state index in [9.17, 15) is 5.11 Å². The number of aromatic hydroxyl groups is 1. The Bertz CT molecular complexity index is 468. The van der Waals surface area contributed by atoms with Crippen molar-refractivity contribution in [2.45, 2.75) is 0 Å². The Morgan fingerprint density at radius 1 is 1.47 bits per heavy atom. The molecular weight excluding hydrogens is 258 g/mol. The summed E-state index contributed by atoms with van der Waals surface area (Å²) in [7, 11) is 1.78. The Hall–Kier alpha value is -1.49. The van der Waals surface area contributed by atoms with Gasteiger partial charge in [0.1, 0.15) is 5.75 Å². The third-order valence-corrected chi connectivity index (χ3v) is 2.86. The zero-order valence-electron chi connectivity index (χ0n) is 8.11. The largest absolute Gasteiger partial charge is 0.507 e. The molecule has 0 aliphatic heterocycles. The summed E-state index contributed by atoms with van der Waals surface area (Å²) in [5, 5.41) is 13.8. The number of benzene rings is 1. The maximum Gasteiger partial charge on any atom is 0.126 e. The lowest BCUT2D eigenvalue weighted by atomic mass is 10.1. The molecule has 4 nitrogen and oxygen atoms in total. The van der Waals surface area contributed by atoms with E-state index in [0.717, 1.165) is 4.47 Å². The van der Waals surface area contributed by atoms with E-state index in [2.05, 4.69) is 21.0 Å². The predicted molar refractivity (Wildman–Crippen MR) is 62.4 cm³/mol. The molecule has 2 rings (SSSR count). The highest BCUT2D eigenvalue weighted by Gasteiger charge is 2.15. The summed E-state index contributed by atoms with van der Waals surface area (Å²) in [5.41, 5.74) is 7.71. The minimum atomic E-state index is 0.180. The molecule has 0 amide bonds. The number of nitrogen functional groups attached to an aromatic ring is 1. The van der Waals surface area contributed by atoms with Crippen LogP contribution in [0, 0.1) is 0 Å². The van der Waals surface area contributed by atoms with Crippen LogP contribution in [-0.4, -0.2) is 14.9 Å². The summed E-state index contributed by atoms with van der Waals surface area (Å²) in [4.78, 5) is 0. The molecule has 0 unspecified atom stereocenters. The minimum absolute atomic E-state index is 0.180. The molecule has 0 bridgehead atoms. The van der Waals surface area contributed by atoms with Gasteiger partial charge in [0.25, 0.3) is 0 Å². The first kappa shape index (κ1) is 10.0. The Kier molecular flexibility index (Phi) is 2.40. The first-order valence-corrected chi connectivity index (χ1v) is 5.16. The number of nitrogens with zero attached hydrogens (tertiary/aromatic N) is 2. The van der Waals surface area contributed by atoms with E-state index in [1.165, 1.54) is 0 Å². The highest BCUT2D eigenvalue weighted by Crippen LogP contribution is 2.38. The molecule has 2 aromatic rings. The molecule has 78 valence electrons. The lowest BCUT2D eigenvalue weighted by molar-refractivity contribution is 0.476. The van der Waals surface area contributed by atoms with Crippen LogP contribution in [0.15, 0.2) is 28.9 Å². The van der Waals surface area contributed by atoms with Gasteiger partial charge in [0, 0.05) is 11.5 Å². The number of aryl methyl sites for hydroxylation is 1. The quantitative estimate of drug-likeness (QED) is 0.832. The second kappa shape index (κ2) is 3.58. The number of nitrogens with two attached hydrogens (primary N) is 1. The van der Waals surface area contributed by atoms with Crippen LogP contribution >= 0.6 is 15.9 Å². The van der Waals surface area contributed by atoms with E-state index in [1.807, 2.05) is 6.07 Å². The number of hydrogen-bond acceptors (Lipinski definition) is 3. The number of phenolic OH excluding ortho intramolecular Hbond substituents is 1. The van der Waals surface area contributed by atoms with Crippen molar-refractivity contribution in [1.29, 1.82) is 0 Å². The zero-order chi connectivity index (χ0) is 11.0. The molecule has 0 spiro atoms. The number of anilines is 1.